The van der Waals surface area contributed by atoms with Crippen molar-refractivity contribution in [3.05, 3.63) is 36.2 Å². The molecule has 0 aliphatic carbocycles. The van der Waals surface area contributed by atoms with Crippen molar-refractivity contribution in [2.24, 2.45) is 7.05 Å². The van der Waals surface area contributed by atoms with Crippen LogP contribution in [0, 0.1) is 0 Å². The largest absolute Gasteiger partial charge is 0.408 e. The number of hydroxylamine groups is 2. The van der Waals surface area contributed by atoms with E-state index >= 15 is 0 Å². The summed E-state index contributed by atoms with van der Waals surface area (Å²) in [6, 6.07) is -0.202. The number of carbonyl (C=O) groups excluding carboxylic acids is 1. The SMILES string of the molecule is C=CCON1C[C@H](O[Si](C)(C)C(C)(C)C)C(=C=O)[C@H]1Cc1cnn(C)c1. The lowest BCUT2D eigenvalue weighted by Gasteiger charge is -2.38. The maximum absolute atomic E-state index is 11.8. The molecule has 1 saturated heterocycles. The van der Waals surface area contributed by atoms with Gasteiger partial charge in [-0.2, -0.15) is 10.2 Å². The predicted octanol–water partition coefficient (Wildman–Crippen LogP) is 2.91. The molecule has 1 aromatic heterocycles. The Morgan fingerprint density at radius 1 is 1.46 bits per heavy atom. The van der Waals surface area contributed by atoms with Gasteiger partial charge in [-0.15, -0.1) is 6.58 Å². The lowest BCUT2D eigenvalue weighted by Crippen LogP contribution is -2.45. The first-order valence-electron chi connectivity index (χ1n) is 8.99. The highest BCUT2D eigenvalue weighted by Crippen LogP contribution is 2.40. The van der Waals surface area contributed by atoms with E-state index in [1.165, 1.54) is 0 Å². The molecule has 1 fully saturated rings. The van der Waals surface area contributed by atoms with Crippen LogP contribution in [0.1, 0.15) is 26.3 Å². The van der Waals surface area contributed by atoms with Crippen LogP contribution < -0.4 is 0 Å². The summed E-state index contributed by atoms with van der Waals surface area (Å²) in [5.41, 5.74) is 1.67. The van der Waals surface area contributed by atoms with Crippen LogP contribution in [-0.2, 0) is 27.5 Å². The molecule has 144 valence electrons. The van der Waals surface area contributed by atoms with E-state index in [4.69, 9.17) is 9.26 Å². The number of aromatic nitrogens is 2. The molecule has 0 bridgehead atoms. The van der Waals surface area contributed by atoms with Crippen LogP contribution in [0.15, 0.2) is 30.6 Å². The fourth-order valence-corrected chi connectivity index (χ4v) is 4.10. The lowest BCUT2D eigenvalue weighted by atomic mass is 10.0. The zero-order chi connectivity index (χ0) is 19.5. The topological polar surface area (TPSA) is 56.6 Å². The molecule has 0 amide bonds. The van der Waals surface area contributed by atoms with Crippen molar-refractivity contribution in [3.63, 3.8) is 0 Å². The van der Waals surface area contributed by atoms with Crippen LogP contribution in [0.2, 0.25) is 18.1 Å². The van der Waals surface area contributed by atoms with Crippen molar-refractivity contribution >= 4 is 14.3 Å². The van der Waals surface area contributed by atoms with E-state index in [9.17, 15) is 4.79 Å². The highest BCUT2D eigenvalue weighted by atomic mass is 28.4. The fraction of sp³-hybridized carbons (Fsp3) is 0.632. The van der Waals surface area contributed by atoms with Crippen LogP contribution in [0.4, 0.5) is 0 Å². The van der Waals surface area contributed by atoms with E-state index in [-0.39, 0.29) is 17.2 Å². The lowest BCUT2D eigenvalue weighted by molar-refractivity contribution is -0.158. The van der Waals surface area contributed by atoms with E-state index in [0.717, 1.165) is 5.56 Å². The van der Waals surface area contributed by atoms with Crippen LogP contribution in [0.25, 0.3) is 0 Å². The minimum absolute atomic E-state index is 0.0647. The highest BCUT2D eigenvalue weighted by Gasteiger charge is 2.46. The molecular formula is C19H31N3O3Si. The van der Waals surface area contributed by atoms with Crippen molar-refractivity contribution in [1.29, 1.82) is 0 Å². The van der Waals surface area contributed by atoms with Gasteiger partial charge in [0.1, 0.15) is 5.94 Å². The maximum Gasteiger partial charge on any atom is 0.192 e. The molecular weight excluding hydrogens is 346 g/mol. The number of hydrogen-bond acceptors (Lipinski definition) is 5. The van der Waals surface area contributed by atoms with Crippen LogP contribution in [0.3, 0.4) is 0 Å². The number of aryl methyl sites for hydroxylation is 1. The molecule has 7 heteroatoms. The Morgan fingerprint density at radius 2 is 2.15 bits per heavy atom. The summed E-state index contributed by atoms with van der Waals surface area (Å²) in [6.45, 7) is 15.6. The fourth-order valence-electron chi connectivity index (χ4n) is 2.83. The maximum atomic E-state index is 11.8. The van der Waals surface area contributed by atoms with Crippen LogP contribution >= 0.6 is 0 Å². The molecule has 0 unspecified atom stereocenters. The van der Waals surface area contributed by atoms with Gasteiger partial charge in [0.05, 0.1) is 37.1 Å². The molecule has 0 N–H and O–H groups in total. The second-order valence-electron chi connectivity index (χ2n) is 8.35. The van der Waals surface area contributed by atoms with Crippen molar-refractivity contribution in [1.82, 2.24) is 14.8 Å². The molecule has 2 heterocycles. The summed E-state index contributed by atoms with van der Waals surface area (Å²) >= 11 is 0. The first-order valence-corrected chi connectivity index (χ1v) is 11.9. The number of hydrogen-bond donors (Lipinski definition) is 0. The summed E-state index contributed by atoms with van der Waals surface area (Å²) in [4.78, 5) is 17.7. The Hall–Kier alpha value is -1.50. The monoisotopic (exact) mass is 377 g/mol. The van der Waals surface area contributed by atoms with E-state index < -0.39 is 8.32 Å². The first kappa shape index (κ1) is 20.8. The molecule has 2 atom stereocenters. The van der Waals surface area contributed by atoms with Crippen molar-refractivity contribution in [2.75, 3.05) is 13.2 Å². The third-order valence-corrected chi connectivity index (χ3v) is 9.79. The van der Waals surface area contributed by atoms with Gasteiger partial charge in [0.2, 0.25) is 0 Å². The number of rotatable bonds is 7. The van der Waals surface area contributed by atoms with Gasteiger partial charge in [-0.25, -0.2) is 4.79 Å². The number of nitrogens with zero attached hydrogens (tertiary/aromatic N) is 3. The molecule has 26 heavy (non-hydrogen) atoms. The molecule has 0 aromatic carbocycles. The molecule has 2 rings (SSSR count). The highest BCUT2D eigenvalue weighted by molar-refractivity contribution is 6.74. The molecule has 0 spiro atoms. The van der Waals surface area contributed by atoms with Gasteiger partial charge in [-0.3, -0.25) is 9.52 Å². The van der Waals surface area contributed by atoms with E-state index in [0.29, 0.717) is 25.1 Å². The normalized spacial score (nSPS) is 21.8. The molecule has 1 aromatic rings. The van der Waals surface area contributed by atoms with Gasteiger partial charge in [0, 0.05) is 13.2 Å². The third kappa shape index (κ3) is 4.61. The van der Waals surface area contributed by atoms with Crippen LogP contribution in [0.5, 0.6) is 0 Å². The second kappa shape index (κ2) is 8.02. The molecule has 6 nitrogen and oxygen atoms in total. The average Bonchev–Trinajstić information content (AvgIpc) is 3.07. The van der Waals surface area contributed by atoms with E-state index in [1.807, 2.05) is 24.5 Å². The van der Waals surface area contributed by atoms with E-state index in [1.54, 1.807) is 10.8 Å². The Labute approximate surface area is 157 Å². The zero-order valence-corrected chi connectivity index (χ0v) is 17.8. The van der Waals surface area contributed by atoms with Gasteiger partial charge < -0.3 is 4.43 Å². The molecule has 1 aliphatic rings. The summed E-state index contributed by atoms with van der Waals surface area (Å²) in [6.07, 6.45) is 5.81. The Kier molecular flexibility index (Phi) is 6.42. The third-order valence-electron chi connectivity index (χ3n) is 5.31. The van der Waals surface area contributed by atoms with Gasteiger partial charge in [0.15, 0.2) is 8.32 Å². The van der Waals surface area contributed by atoms with Crippen molar-refractivity contribution in [3.8, 4) is 0 Å². The van der Waals surface area contributed by atoms with Gasteiger partial charge >= 0.3 is 0 Å². The average molecular weight is 378 g/mol. The summed E-state index contributed by atoms with van der Waals surface area (Å²) < 4.78 is 8.28. The minimum Gasteiger partial charge on any atom is -0.408 e. The van der Waals surface area contributed by atoms with Gasteiger partial charge in [-0.1, -0.05) is 26.8 Å². The summed E-state index contributed by atoms with van der Waals surface area (Å²) in [5.74, 6) is 2.16. The second-order valence-corrected chi connectivity index (χ2v) is 13.1. The zero-order valence-electron chi connectivity index (χ0n) is 16.8. The minimum atomic E-state index is -2.02. The van der Waals surface area contributed by atoms with Gasteiger partial charge in [-0.05, 0) is 30.1 Å². The first-order chi connectivity index (χ1) is 12.1. The quantitative estimate of drug-likeness (QED) is 0.415. The van der Waals surface area contributed by atoms with E-state index in [2.05, 4.69) is 51.5 Å². The Balaban J connectivity index is 2.25. The van der Waals surface area contributed by atoms with Crippen molar-refractivity contribution < 1.29 is 14.1 Å². The smallest absolute Gasteiger partial charge is 0.192 e. The molecule has 0 saturated carbocycles. The molecule has 0 radical (unpaired) electrons. The Bertz CT molecular complexity index is 686. The summed E-state index contributed by atoms with van der Waals surface area (Å²) in [5, 5.41) is 6.12. The summed E-state index contributed by atoms with van der Waals surface area (Å²) in [7, 11) is -0.146. The van der Waals surface area contributed by atoms with Crippen LogP contribution in [-0.4, -0.2) is 54.4 Å². The van der Waals surface area contributed by atoms with Crippen molar-refractivity contribution in [2.45, 2.75) is 57.5 Å². The molecule has 1 aliphatic heterocycles. The predicted molar refractivity (Wildman–Crippen MR) is 105 cm³/mol. The van der Waals surface area contributed by atoms with Gasteiger partial charge in [0.25, 0.3) is 0 Å². The standard InChI is InChI=1S/C19H31N3O3Si/c1-8-9-24-22-13-18(25-26(6,7)19(2,3)4)16(14-23)17(22)10-15-11-20-21(5)12-15/h8,11-12,17-18H,1,9-10,13H2,2-7H3/t17-,18+/m1/s1. The Morgan fingerprint density at radius 3 is 2.65 bits per heavy atom.